The molecule has 6 unspecified atom stereocenters. The lowest BCUT2D eigenvalue weighted by Crippen LogP contribution is -2.61. The van der Waals surface area contributed by atoms with Crippen LogP contribution in [0, 0.1) is 29.6 Å². The van der Waals surface area contributed by atoms with Gasteiger partial charge in [0.1, 0.15) is 0 Å². The molecule has 0 nitrogen and oxygen atoms in total. The van der Waals surface area contributed by atoms with Crippen molar-refractivity contribution in [2.24, 2.45) is 29.6 Å². The molecular weight excluding hydrogens is 392 g/mol. The smallest absolute Gasteiger partial charge is 0.0448 e. The fourth-order valence-electron chi connectivity index (χ4n) is 9.38. The molecule has 4 fully saturated rings. The molecule has 0 spiro atoms. The van der Waals surface area contributed by atoms with Crippen LogP contribution in [0.4, 0.5) is 0 Å². The van der Waals surface area contributed by atoms with Crippen LogP contribution >= 0.6 is 0 Å². The second-order valence-corrected chi connectivity index (χ2v) is 29.6. The first kappa shape index (κ1) is 23.6. The van der Waals surface area contributed by atoms with Gasteiger partial charge in [-0.25, -0.2) is 0 Å². The molecule has 0 aromatic heterocycles. The van der Waals surface area contributed by atoms with Crippen LogP contribution in [-0.4, -0.2) is 15.2 Å². The summed E-state index contributed by atoms with van der Waals surface area (Å²) in [5.74, 6) is 5.64. The molecule has 2 heteroatoms. The number of rotatable bonds is 7. The highest BCUT2D eigenvalue weighted by molar-refractivity contribution is 7.41. The Morgan fingerprint density at radius 2 is 1.37 bits per heavy atom. The van der Waals surface area contributed by atoms with Crippen molar-refractivity contribution < 1.29 is 0 Å². The van der Waals surface area contributed by atoms with Crippen LogP contribution in [0.5, 0.6) is 0 Å². The van der Waals surface area contributed by atoms with E-state index in [1.807, 2.05) is 0 Å². The van der Waals surface area contributed by atoms with E-state index in [4.69, 9.17) is 0 Å². The average molecular weight is 447 g/mol. The van der Waals surface area contributed by atoms with Crippen LogP contribution in [0.2, 0.25) is 37.3 Å². The third kappa shape index (κ3) is 4.44. The van der Waals surface area contributed by atoms with Gasteiger partial charge in [-0.05, 0) is 53.5 Å². The monoisotopic (exact) mass is 446 g/mol. The lowest BCUT2D eigenvalue weighted by Gasteiger charge is -2.51. The molecule has 0 bridgehead atoms. The predicted octanol–water partition coefficient (Wildman–Crippen LogP) is 9.62. The normalized spacial score (nSPS) is 38.7. The highest BCUT2D eigenvalue weighted by Crippen LogP contribution is 2.60. The largest absolute Gasteiger partial charge is 0.0711 e. The number of hydrogen-bond donors (Lipinski definition) is 0. The van der Waals surface area contributed by atoms with Gasteiger partial charge in [-0.3, -0.25) is 0 Å². The van der Waals surface area contributed by atoms with Crippen molar-refractivity contribution in [1.29, 1.82) is 0 Å². The topological polar surface area (TPSA) is 0 Å². The minimum absolute atomic E-state index is 1.09. The van der Waals surface area contributed by atoms with E-state index in [1.165, 1.54) is 31.2 Å². The molecule has 0 amide bonds. The van der Waals surface area contributed by atoms with Gasteiger partial charge in [-0.15, -0.1) is 0 Å². The molecule has 0 heterocycles. The second kappa shape index (κ2) is 9.74. The summed E-state index contributed by atoms with van der Waals surface area (Å²) in [5, 5.41) is 0. The molecule has 0 saturated heterocycles. The first-order chi connectivity index (χ1) is 14.4. The summed E-state index contributed by atoms with van der Waals surface area (Å²) < 4.78 is 0. The first-order valence-corrected chi connectivity index (χ1v) is 21.5. The molecular formula is C28H54Si2. The molecule has 4 aliphatic carbocycles. The summed E-state index contributed by atoms with van der Waals surface area (Å²) in [4.78, 5) is 0. The van der Waals surface area contributed by atoms with Gasteiger partial charge in [0.25, 0.3) is 0 Å². The van der Waals surface area contributed by atoms with Crippen LogP contribution in [-0.2, 0) is 0 Å². The van der Waals surface area contributed by atoms with Gasteiger partial charge >= 0.3 is 0 Å². The summed E-state index contributed by atoms with van der Waals surface area (Å²) >= 11 is 0. The van der Waals surface area contributed by atoms with E-state index in [0.29, 0.717) is 0 Å². The minimum atomic E-state index is -1.17. The zero-order chi connectivity index (χ0) is 21.4. The summed E-state index contributed by atoms with van der Waals surface area (Å²) in [7, 11) is -2.32. The van der Waals surface area contributed by atoms with Crippen molar-refractivity contribution in [3.05, 3.63) is 0 Å². The van der Waals surface area contributed by atoms with E-state index in [1.54, 1.807) is 77.0 Å². The molecule has 0 radical (unpaired) electrons. The fraction of sp³-hybridized carbons (Fsp3) is 1.00. The maximum absolute atomic E-state index is 2.91. The molecule has 0 aliphatic heterocycles. The quantitative estimate of drug-likeness (QED) is 0.341. The van der Waals surface area contributed by atoms with Gasteiger partial charge in [0.2, 0.25) is 0 Å². The lowest BCUT2D eigenvalue weighted by molar-refractivity contribution is 0.0986. The zero-order valence-corrected chi connectivity index (χ0v) is 23.4. The maximum atomic E-state index is 2.91. The Labute approximate surface area is 191 Å². The predicted molar refractivity (Wildman–Crippen MR) is 139 cm³/mol. The standard InChI is InChI=1S/C28H54Si2/c1-6-7-12-22-17-18-24(21-22)29(2,3)30(4,5)28-20-19-26-25(15-11-16-27(26)28)23-13-9-8-10-14-23/h22-28H,6-21H2,1-5H3. The van der Waals surface area contributed by atoms with Gasteiger partial charge in [-0.1, -0.05) is 123 Å². The zero-order valence-electron chi connectivity index (χ0n) is 21.4. The Balaban J connectivity index is 1.44. The van der Waals surface area contributed by atoms with Crippen molar-refractivity contribution in [3.63, 3.8) is 0 Å². The van der Waals surface area contributed by atoms with E-state index >= 15 is 0 Å². The SMILES string of the molecule is CCCCC1CCC([Si](C)(C)[Si](C)(C)C2CCC3C(C4CCCCC4)CCCC32)C1. The van der Waals surface area contributed by atoms with E-state index in [-0.39, 0.29) is 0 Å². The number of hydrogen-bond acceptors (Lipinski definition) is 0. The Bertz CT molecular complexity index is 547. The molecule has 0 N–H and O–H groups in total. The van der Waals surface area contributed by atoms with Crippen molar-refractivity contribution in [2.75, 3.05) is 0 Å². The fourth-order valence-corrected chi connectivity index (χ4v) is 23.5. The van der Waals surface area contributed by atoms with Crippen LogP contribution in [0.15, 0.2) is 0 Å². The van der Waals surface area contributed by atoms with Crippen molar-refractivity contribution in [3.8, 4) is 0 Å². The van der Waals surface area contributed by atoms with E-state index < -0.39 is 15.2 Å². The van der Waals surface area contributed by atoms with Gasteiger partial charge in [0, 0.05) is 15.2 Å². The highest BCUT2D eigenvalue weighted by atomic mass is 29.3. The number of unbranched alkanes of at least 4 members (excludes halogenated alkanes) is 1. The highest BCUT2D eigenvalue weighted by Gasteiger charge is 2.57. The first-order valence-electron chi connectivity index (χ1n) is 14.4. The molecule has 0 aromatic carbocycles. The van der Waals surface area contributed by atoms with Gasteiger partial charge < -0.3 is 0 Å². The van der Waals surface area contributed by atoms with Crippen molar-refractivity contribution in [1.82, 2.24) is 0 Å². The molecule has 4 saturated carbocycles. The summed E-state index contributed by atoms with van der Waals surface area (Å²) in [6.45, 7) is 14.0. The Hall–Kier alpha value is 0.434. The van der Waals surface area contributed by atoms with Crippen LogP contribution in [0.1, 0.15) is 110 Å². The van der Waals surface area contributed by atoms with Crippen LogP contribution in [0.3, 0.4) is 0 Å². The second-order valence-electron chi connectivity index (χ2n) is 13.5. The Kier molecular flexibility index (Phi) is 7.66. The maximum Gasteiger partial charge on any atom is 0.0448 e. The molecule has 30 heavy (non-hydrogen) atoms. The molecule has 4 rings (SSSR count). The third-order valence-electron chi connectivity index (χ3n) is 11.9. The van der Waals surface area contributed by atoms with E-state index in [2.05, 4.69) is 33.1 Å². The number of fused-ring (bicyclic) bond motifs is 1. The van der Waals surface area contributed by atoms with Crippen LogP contribution < -0.4 is 0 Å². The van der Waals surface area contributed by atoms with E-state index in [0.717, 1.165) is 35.1 Å². The van der Waals surface area contributed by atoms with Crippen LogP contribution in [0.25, 0.3) is 0 Å². The van der Waals surface area contributed by atoms with Gasteiger partial charge in [-0.2, -0.15) is 0 Å². The lowest BCUT2D eigenvalue weighted by atomic mass is 9.65. The summed E-state index contributed by atoms with van der Waals surface area (Å²) in [5.41, 5.74) is 2.35. The molecule has 174 valence electrons. The van der Waals surface area contributed by atoms with Gasteiger partial charge in [0.05, 0.1) is 0 Å². The molecule has 6 atom stereocenters. The van der Waals surface area contributed by atoms with E-state index in [9.17, 15) is 0 Å². The summed E-state index contributed by atoms with van der Waals surface area (Å²) in [6.07, 6.45) is 25.1. The Morgan fingerprint density at radius 3 is 2.10 bits per heavy atom. The van der Waals surface area contributed by atoms with Crippen molar-refractivity contribution >= 4 is 15.2 Å². The molecule has 4 aliphatic rings. The average Bonchev–Trinajstić information content (AvgIpc) is 3.40. The van der Waals surface area contributed by atoms with Gasteiger partial charge in [0.15, 0.2) is 0 Å². The minimum Gasteiger partial charge on any atom is -0.0711 e. The summed E-state index contributed by atoms with van der Waals surface area (Å²) in [6, 6.07) is 0. The van der Waals surface area contributed by atoms with Crippen molar-refractivity contribution in [2.45, 2.75) is 147 Å². The molecule has 0 aromatic rings. The third-order valence-corrected chi connectivity index (χ3v) is 32.6. The Morgan fingerprint density at radius 1 is 0.633 bits per heavy atom.